The van der Waals surface area contributed by atoms with Gasteiger partial charge in [-0.05, 0) is 55.3 Å². The molecule has 0 aliphatic heterocycles. The summed E-state index contributed by atoms with van der Waals surface area (Å²) in [7, 11) is -3.62. The maximum Gasteiger partial charge on any atom is 0.227 e. The third-order valence-electron chi connectivity index (χ3n) is 4.45. The largest absolute Gasteiger partial charge is 0.339 e. The van der Waals surface area contributed by atoms with Crippen LogP contribution in [0.2, 0.25) is 5.02 Å². The highest BCUT2D eigenvalue weighted by Gasteiger charge is 2.19. The zero-order valence-corrected chi connectivity index (χ0v) is 17.5. The third kappa shape index (κ3) is 5.42. The number of nitrogens with one attached hydrogen (secondary N) is 1. The second-order valence-electron chi connectivity index (χ2n) is 6.61. The highest BCUT2D eigenvalue weighted by Crippen LogP contribution is 2.19. The minimum absolute atomic E-state index is 0.0462. The highest BCUT2D eigenvalue weighted by molar-refractivity contribution is 7.90. The van der Waals surface area contributed by atoms with E-state index in [9.17, 15) is 13.2 Å². The Kier molecular flexibility index (Phi) is 6.34. The molecule has 0 aliphatic rings. The number of sulfone groups is 1. The molecule has 1 heterocycles. The van der Waals surface area contributed by atoms with Gasteiger partial charge in [0.15, 0.2) is 15.7 Å². The number of hydrogen-bond donors (Lipinski definition) is 1. The molecule has 1 aromatic heterocycles. The SMILES string of the molecule is Cc1cccc(NC(=O)CCc2nc(CS(=O)(=O)c3ccc(Cl)cc3)no2)c1C. The Bertz CT molecular complexity index is 1120. The lowest BCUT2D eigenvalue weighted by molar-refractivity contribution is -0.116. The topological polar surface area (TPSA) is 102 Å². The van der Waals surface area contributed by atoms with Crippen molar-refractivity contribution in [2.24, 2.45) is 0 Å². The first-order valence-electron chi connectivity index (χ1n) is 8.90. The van der Waals surface area contributed by atoms with Crippen LogP contribution in [0.3, 0.4) is 0 Å². The van der Waals surface area contributed by atoms with Crippen molar-refractivity contribution in [1.29, 1.82) is 0 Å². The Morgan fingerprint density at radius 2 is 1.86 bits per heavy atom. The molecule has 0 fully saturated rings. The van der Waals surface area contributed by atoms with Crippen molar-refractivity contribution in [1.82, 2.24) is 10.1 Å². The van der Waals surface area contributed by atoms with Gasteiger partial charge in [0.1, 0.15) is 5.75 Å². The molecular formula is C20H20ClN3O4S. The number of carbonyl (C=O) groups excluding carboxylic acids is 1. The Morgan fingerprint density at radius 1 is 1.14 bits per heavy atom. The van der Waals surface area contributed by atoms with Crippen LogP contribution in [0.1, 0.15) is 29.3 Å². The van der Waals surface area contributed by atoms with E-state index in [-0.39, 0.29) is 35.4 Å². The number of aromatic nitrogens is 2. The fraction of sp³-hybridized carbons (Fsp3) is 0.250. The van der Waals surface area contributed by atoms with E-state index < -0.39 is 15.6 Å². The number of anilines is 1. The summed E-state index contributed by atoms with van der Waals surface area (Å²) in [6.45, 7) is 3.92. The molecule has 0 saturated carbocycles. The van der Waals surface area contributed by atoms with E-state index >= 15 is 0 Å². The van der Waals surface area contributed by atoms with Crippen LogP contribution in [0, 0.1) is 13.8 Å². The third-order valence-corrected chi connectivity index (χ3v) is 6.33. The molecule has 0 saturated heterocycles. The fourth-order valence-electron chi connectivity index (χ4n) is 2.67. The second kappa shape index (κ2) is 8.75. The zero-order chi connectivity index (χ0) is 21.0. The Labute approximate surface area is 174 Å². The van der Waals surface area contributed by atoms with Gasteiger partial charge in [0.2, 0.25) is 11.8 Å². The summed E-state index contributed by atoms with van der Waals surface area (Å²) in [6.07, 6.45) is 0.351. The van der Waals surface area contributed by atoms with E-state index in [4.69, 9.17) is 16.1 Å². The lowest BCUT2D eigenvalue weighted by Crippen LogP contribution is -2.13. The van der Waals surface area contributed by atoms with Crippen LogP contribution in [0.4, 0.5) is 5.69 Å². The van der Waals surface area contributed by atoms with E-state index in [1.54, 1.807) is 0 Å². The summed E-state index contributed by atoms with van der Waals surface area (Å²) in [6, 6.07) is 11.6. The van der Waals surface area contributed by atoms with Crippen molar-refractivity contribution in [3.05, 3.63) is 70.3 Å². The maximum atomic E-state index is 12.4. The van der Waals surface area contributed by atoms with Gasteiger partial charge in [-0.3, -0.25) is 4.79 Å². The maximum absolute atomic E-state index is 12.4. The lowest BCUT2D eigenvalue weighted by atomic mass is 10.1. The van der Waals surface area contributed by atoms with E-state index in [1.165, 1.54) is 24.3 Å². The van der Waals surface area contributed by atoms with Crippen molar-refractivity contribution in [3.63, 3.8) is 0 Å². The standard InChI is InChI=1S/C20H20ClN3O4S/c1-13-4-3-5-17(14(13)2)22-19(25)10-11-20-23-18(24-28-20)12-29(26,27)16-8-6-15(21)7-9-16/h3-9H,10-12H2,1-2H3,(H,22,25). The summed E-state index contributed by atoms with van der Waals surface area (Å²) in [5, 5.41) is 7.01. The van der Waals surface area contributed by atoms with Crippen molar-refractivity contribution < 1.29 is 17.7 Å². The normalized spacial score (nSPS) is 11.4. The van der Waals surface area contributed by atoms with Gasteiger partial charge in [-0.25, -0.2) is 8.42 Å². The molecule has 29 heavy (non-hydrogen) atoms. The Morgan fingerprint density at radius 3 is 2.59 bits per heavy atom. The smallest absolute Gasteiger partial charge is 0.227 e. The number of amides is 1. The molecule has 0 aliphatic carbocycles. The molecular weight excluding hydrogens is 414 g/mol. The predicted molar refractivity (Wildman–Crippen MR) is 110 cm³/mol. The molecule has 152 valence electrons. The van der Waals surface area contributed by atoms with E-state index in [1.807, 2.05) is 32.0 Å². The van der Waals surface area contributed by atoms with Crippen LogP contribution in [0.15, 0.2) is 51.9 Å². The Hall–Kier alpha value is -2.71. The first-order valence-corrected chi connectivity index (χ1v) is 10.9. The molecule has 0 radical (unpaired) electrons. The van der Waals surface area contributed by atoms with Crippen LogP contribution >= 0.6 is 11.6 Å². The number of hydrogen-bond acceptors (Lipinski definition) is 6. The van der Waals surface area contributed by atoms with Gasteiger partial charge in [-0.1, -0.05) is 28.9 Å². The van der Waals surface area contributed by atoms with Crippen molar-refractivity contribution >= 4 is 33.0 Å². The molecule has 7 nitrogen and oxygen atoms in total. The fourth-order valence-corrected chi connectivity index (χ4v) is 3.97. The van der Waals surface area contributed by atoms with Crippen LogP contribution in [0.5, 0.6) is 0 Å². The number of carbonyl (C=O) groups is 1. The number of aryl methyl sites for hydroxylation is 2. The molecule has 0 atom stereocenters. The summed E-state index contributed by atoms with van der Waals surface area (Å²) >= 11 is 5.79. The number of rotatable bonds is 7. The molecule has 9 heteroatoms. The van der Waals surface area contributed by atoms with E-state index in [2.05, 4.69) is 15.5 Å². The lowest BCUT2D eigenvalue weighted by Gasteiger charge is -2.09. The van der Waals surface area contributed by atoms with Gasteiger partial charge in [0.25, 0.3) is 0 Å². The monoisotopic (exact) mass is 433 g/mol. The first kappa shape index (κ1) is 21.0. The van der Waals surface area contributed by atoms with Gasteiger partial charge in [-0.15, -0.1) is 0 Å². The van der Waals surface area contributed by atoms with E-state index in [0.717, 1.165) is 16.8 Å². The van der Waals surface area contributed by atoms with Gasteiger partial charge in [0, 0.05) is 23.6 Å². The van der Waals surface area contributed by atoms with Crippen molar-refractivity contribution in [2.75, 3.05) is 5.32 Å². The summed E-state index contributed by atoms with van der Waals surface area (Å²) < 4.78 is 29.9. The highest BCUT2D eigenvalue weighted by atomic mass is 35.5. The van der Waals surface area contributed by atoms with Gasteiger partial charge < -0.3 is 9.84 Å². The average Bonchev–Trinajstić information content (AvgIpc) is 3.11. The number of benzene rings is 2. The molecule has 0 unspecified atom stereocenters. The van der Waals surface area contributed by atoms with Gasteiger partial charge >= 0.3 is 0 Å². The Balaban J connectivity index is 1.58. The molecule has 0 bridgehead atoms. The predicted octanol–water partition coefficient (Wildman–Crippen LogP) is 3.89. The first-order chi connectivity index (χ1) is 13.7. The summed E-state index contributed by atoms with van der Waals surface area (Å²) in [5.41, 5.74) is 2.86. The van der Waals surface area contributed by atoms with Crippen LogP contribution in [0.25, 0.3) is 0 Å². The summed E-state index contributed by atoms with van der Waals surface area (Å²) in [5.74, 6) is -0.327. The molecule has 2 aromatic carbocycles. The van der Waals surface area contributed by atoms with Crippen LogP contribution in [-0.4, -0.2) is 24.5 Å². The molecule has 1 N–H and O–H groups in total. The minimum Gasteiger partial charge on any atom is -0.339 e. The number of nitrogens with zero attached hydrogens (tertiary/aromatic N) is 2. The second-order valence-corrected chi connectivity index (χ2v) is 9.04. The van der Waals surface area contributed by atoms with Gasteiger partial charge in [0.05, 0.1) is 4.90 Å². The molecule has 1 amide bonds. The molecule has 3 rings (SSSR count). The van der Waals surface area contributed by atoms with Crippen molar-refractivity contribution in [3.8, 4) is 0 Å². The minimum atomic E-state index is -3.62. The van der Waals surface area contributed by atoms with Crippen LogP contribution in [-0.2, 0) is 26.8 Å². The average molecular weight is 434 g/mol. The van der Waals surface area contributed by atoms with Gasteiger partial charge in [-0.2, -0.15) is 4.98 Å². The van der Waals surface area contributed by atoms with E-state index in [0.29, 0.717) is 5.02 Å². The zero-order valence-electron chi connectivity index (χ0n) is 16.0. The van der Waals surface area contributed by atoms with Crippen LogP contribution < -0.4 is 5.32 Å². The molecule has 3 aromatic rings. The quantitative estimate of drug-likeness (QED) is 0.606. The number of halogens is 1. The summed E-state index contributed by atoms with van der Waals surface area (Å²) in [4.78, 5) is 16.4. The van der Waals surface area contributed by atoms with Crippen molar-refractivity contribution in [2.45, 2.75) is 37.3 Å². The molecule has 0 spiro atoms.